The second-order valence-corrected chi connectivity index (χ2v) is 7.03. The number of rotatable bonds is 4. The van der Waals surface area contributed by atoms with Gasteiger partial charge in [-0.05, 0) is 30.5 Å². The minimum atomic E-state index is 0.250. The number of imidazole rings is 1. The van der Waals surface area contributed by atoms with E-state index < -0.39 is 0 Å². The maximum atomic E-state index is 6.16. The van der Waals surface area contributed by atoms with Gasteiger partial charge in [-0.25, -0.2) is 4.98 Å². The van der Waals surface area contributed by atoms with Crippen LogP contribution in [0.2, 0.25) is 10.0 Å². The lowest BCUT2D eigenvalue weighted by Crippen LogP contribution is -2.10. The highest BCUT2D eigenvalue weighted by Gasteiger charge is 2.17. The molecule has 0 saturated carbocycles. The van der Waals surface area contributed by atoms with Gasteiger partial charge in [0, 0.05) is 17.3 Å². The number of aromatic nitrogens is 2. The van der Waals surface area contributed by atoms with E-state index in [9.17, 15) is 0 Å². The van der Waals surface area contributed by atoms with E-state index in [0.717, 1.165) is 23.3 Å². The zero-order chi connectivity index (χ0) is 15.0. The monoisotopic (exact) mass is 358 g/mol. The lowest BCUT2D eigenvalue weighted by atomic mass is 10.2. The van der Waals surface area contributed by atoms with Gasteiger partial charge in [-0.1, -0.05) is 29.3 Å². The Morgan fingerprint density at radius 1 is 1.29 bits per heavy atom. The van der Waals surface area contributed by atoms with Crippen LogP contribution in [0.25, 0.3) is 11.0 Å². The molecule has 0 bridgehead atoms. The van der Waals surface area contributed by atoms with Crippen molar-refractivity contribution in [2.24, 2.45) is 0 Å². The third kappa shape index (κ3) is 2.93. The quantitative estimate of drug-likeness (QED) is 0.526. The Bertz CT molecular complexity index is 765. The van der Waals surface area contributed by atoms with Gasteiger partial charge in [0.25, 0.3) is 0 Å². The van der Waals surface area contributed by atoms with Crippen LogP contribution in [0.4, 0.5) is 0 Å². The summed E-state index contributed by atoms with van der Waals surface area (Å²) in [7, 11) is 0. The van der Waals surface area contributed by atoms with Crippen LogP contribution in [0.3, 0.4) is 0 Å². The van der Waals surface area contributed by atoms with Gasteiger partial charge in [0.15, 0.2) is 0 Å². The Hall–Kier alpha value is -0.740. The van der Waals surface area contributed by atoms with Gasteiger partial charge in [0.2, 0.25) is 0 Å². The Morgan fingerprint density at radius 3 is 2.71 bits per heavy atom. The summed E-state index contributed by atoms with van der Waals surface area (Å²) in [5, 5.41) is 3.14. The maximum Gasteiger partial charge on any atom is 0.125 e. The number of alkyl halides is 1. The van der Waals surface area contributed by atoms with E-state index in [2.05, 4.69) is 34.0 Å². The molecule has 110 valence electrons. The zero-order valence-electron chi connectivity index (χ0n) is 11.3. The molecule has 0 aliphatic heterocycles. The molecule has 1 atom stereocenters. The molecule has 6 heteroatoms. The van der Waals surface area contributed by atoms with Crippen molar-refractivity contribution in [1.82, 2.24) is 9.55 Å². The number of nitrogens with zero attached hydrogens (tertiary/aromatic N) is 2. The Morgan fingerprint density at radius 2 is 2.05 bits per heavy atom. The number of halogens is 3. The fourth-order valence-electron chi connectivity index (χ4n) is 2.54. The van der Waals surface area contributed by atoms with E-state index in [1.807, 2.05) is 6.07 Å². The van der Waals surface area contributed by atoms with Crippen LogP contribution in [-0.2, 0) is 12.3 Å². The van der Waals surface area contributed by atoms with E-state index in [-0.39, 0.29) is 6.04 Å². The largest absolute Gasteiger partial charge is 0.324 e. The van der Waals surface area contributed by atoms with Crippen LogP contribution in [0.5, 0.6) is 0 Å². The van der Waals surface area contributed by atoms with Crippen LogP contribution >= 0.6 is 46.1 Å². The summed E-state index contributed by atoms with van der Waals surface area (Å²) in [6.45, 7) is 2.17. The Balaban J connectivity index is 2.09. The first-order chi connectivity index (χ1) is 10.1. The molecule has 0 fully saturated rings. The average molecular weight is 360 g/mol. The van der Waals surface area contributed by atoms with Crippen LogP contribution in [0.15, 0.2) is 29.6 Å². The minimum absolute atomic E-state index is 0.250. The minimum Gasteiger partial charge on any atom is -0.324 e. The summed E-state index contributed by atoms with van der Waals surface area (Å²) in [5.74, 6) is 1.20. The molecule has 3 aromatic rings. The zero-order valence-corrected chi connectivity index (χ0v) is 14.4. The molecular weight excluding hydrogens is 347 g/mol. The van der Waals surface area contributed by atoms with E-state index in [1.165, 1.54) is 4.88 Å². The average Bonchev–Trinajstić information content (AvgIpc) is 3.06. The summed E-state index contributed by atoms with van der Waals surface area (Å²) in [4.78, 5) is 5.91. The SMILES string of the molecule is CC(Cc1cccs1)n1c(CCl)nc2cc(Cl)c(Cl)cc21. The Labute approximate surface area is 142 Å². The van der Waals surface area contributed by atoms with Crippen LogP contribution < -0.4 is 0 Å². The smallest absolute Gasteiger partial charge is 0.125 e. The van der Waals surface area contributed by atoms with Crippen molar-refractivity contribution in [3.63, 3.8) is 0 Å². The molecule has 3 rings (SSSR count). The summed E-state index contributed by atoms with van der Waals surface area (Å²) < 4.78 is 2.16. The molecule has 21 heavy (non-hydrogen) atoms. The van der Waals surface area contributed by atoms with Gasteiger partial charge in [0.1, 0.15) is 5.82 Å². The molecule has 0 aliphatic carbocycles. The van der Waals surface area contributed by atoms with Crippen molar-refractivity contribution in [2.75, 3.05) is 0 Å². The molecule has 0 saturated heterocycles. The van der Waals surface area contributed by atoms with Crippen LogP contribution in [-0.4, -0.2) is 9.55 Å². The van der Waals surface area contributed by atoms with Gasteiger partial charge in [-0.3, -0.25) is 0 Å². The summed E-state index contributed by atoms with van der Waals surface area (Å²) in [6, 6.07) is 8.12. The molecule has 2 aromatic heterocycles. The first-order valence-electron chi connectivity index (χ1n) is 6.54. The van der Waals surface area contributed by atoms with Crippen molar-refractivity contribution in [1.29, 1.82) is 0 Å². The molecular formula is C15H13Cl3N2S. The lowest BCUT2D eigenvalue weighted by Gasteiger charge is -2.16. The van der Waals surface area contributed by atoms with E-state index >= 15 is 0 Å². The van der Waals surface area contributed by atoms with Crippen LogP contribution in [0, 0.1) is 0 Å². The van der Waals surface area contributed by atoms with Crippen molar-refractivity contribution >= 4 is 57.2 Å². The van der Waals surface area contributed by atoms with Crippen molar-refractivity contribution in [3.8, 4) is 0 Å². The summed E-state index contributed by atoms with van der Waals surface area (Å²) in [6.07, 6.45) is 0.938. The molecule has 0 N–H and O–H groups in total. The second-order valence-electron chi connectivity index (χ2n) is 4.92. The fraction of sp³-hybridized carbons (Fsp3) is 0.267. The highest BCUT2D eigenvalue weighted by Crippen LogP contribution is 2.31. The number of hydrogen-bond donors (Lipinski definition) is 0. The van der Waals surface area contributed by atoms with E-state index in [4.69, 9.17) is 34.8 Å². The predicted octanol–water partition coefficient (Wildman–Crippen LogP) is 5.95. The third-order valence-corrected chi connectivity index (χ3v) is 5.30. The van der Waals surface area contributed by atoms with Gasteiger partial charge in [-0.2, -0.15) is 0 Å². The number of fused-ring (bicyclic) bond motifs is 1. The third-order valence-electron chi connectivity index (χ3n) is 3.44. The van der Waals surface area contributed by atoms with Gasteiger partial charge in [-0.15, -0.1) is 22.9 Å². The topological polar surface area (TPSA) is 17.8 Å². The van der Waals surface area contributed by atoms with Crippen molar-refractivity contribution < 1.29 is 0 Å². The highest BCUT2D eigenvalue weighted by molar-refractivity contribution is 7.09. The first kappa shape index (κ1) is 15.2. The molecule has 2 heterocycles. The highest BCUT2D eigenvalue weighted by atomic mass is 35.5. The van der Waals surface area contributed by atoms with E-state index in [1.54, 1.807) is 17.4 Å². The predicted molar refractivity (Wildman–Crippen MR) is 92.0 cm³/mol. The normalized spacial score (nSPS) is 13.0. The van der Waals surface area contributed by atoms with Gasteiger partial charge >= 0.3 is 0 Å². The molecule has 0 aliphatic rings. The van der Waals surface area contributed by atoms with Crippen molar-refractivity contribution in [3.05, 3.63) is 50.4 Å². The second kappa shape index (κ2) is 6.17. The first-order valence-corrected chi connectivity index (χ1v) is 8.71. The van der Waals surface area contributed by atoms with Crippen molar-refractivity contribution in [2.45, 2.75) is 25.3 Å². The molecule has 0 spiro atoms. The summed E-state index contributed by atoms with van der Waals surface area (Å²) in [5.41, 5.74) is 1.81. The summed E-state index contributed by atoms with van der Waals surface area (Å²) >= 11 is 20.1. The fourth-order valence-corrected chi connectivity index (χ4v) is 3.87. The maximum absolute atomic E-state index is 6.16. The molecule has 1 aromatic carbocycles. The molecule has 1 unspecified atom stereocenters. The van der Waals surface area contributed by atoms with Crippen LogP contribution in [0.1, 0.15) is 23.7 Å². The number of benzene rings is 1. The lowest BCUT2D eigenvalue weighted by molar-refractivity contribution is 0.547. The van der Waals surface area contributed by atoms with E-state index in [0.29, 0.717) is 15.9 Å². The van der Waals surface area contributed by atoms with Gasteiger partial charge in [0.05, 0.1) is 27.0 Å². The number of thiophene rings is 1. The molecule has 0 amide bonds. The Kier molecular flexibility index (Phi) is 4.46. The molecule has 0 radical (unpaired) electrons. The van der Waals surface area contributed by atoms with Gasteiger partial charge < -0.3 is 4.57 Å². The standard InChI is InChI=1S/C15H13Cl3N2S/c1-9(5-10-3-2-4-21-10)20-14-7-12(18)11(17)6-13(14)19-15(20)8-16/h2-4,6-7,9H,5,8H2,1H3. The molecule has 2 nitrogen and oxygen atoms in total. The number of hydrogen-bond acceptors (Lipinski definition) is 2.